The standard InChI is InChI=1S/C57H37N3O/c1-4-15-38(16-5-1)40-29-31-42(32-30-40)56-58-55(41-19-8-3-9-20-41)59-57(60-56)50-27-14-28-53-54(50)51-37-47(33-34-52(51)61-53)49-26-11-10-25-48(49)46-24-13-23-45(36-46)44-22-12-21-43(35-44)39-17-6-2-7-18-39/h1-37H. The van der Waals surface area contributed by atoms with Crippen LogP contribution in [0.4, 0.5) is 0 Å². The van der Waals surface area contributed by atoms with Crippen molar-refractivity contribution in [3.8, 4) is 89.8 Å². The van der Waals surface area contributed by atoms with Crippen LogP contribution in [0.1, 0.15) is 0 Å². The van der Waals surface area contributed by atoms with Gasteiger partial charge >= 0.3 is 0 Å². The lowest BCUT2D eigenvalue weighted by Crippen LogP contribution is -2.00. The molecule has 0 aliphatic heterocycles. The zero-order valence-electron chi connectivity index (χ0n) is 33.1. The largest absolute Gasteiger partial charge is 0.456 e. The Morgan fingerprint density at radius 1 is 0.246 bits per heavy atom. The summed E-state index contributed by atoms with van der Waals surface area (Å²) in [5.74, 6) is 1.81. The van der Waals surface area contributed by atoms with Gasteiger partial charge in [0.25, 0.3) is 0 Å². The summed E-state index contributed by atoms with van der Waals surface area (Å²) in [4.78, 5) is 15.3. The van der Waals surface area contributed by atoms with Crippen molar-refractivity contribution in [2.75, 3.05) is 0 Å². The van der Waals surface area contributed by atoms with E-state index in [1.54, 1.807) is 0 Å². The highest BCUT2D eigenvalue weighted by atomic mass is 16.3. The summed E-state index contributed by atoms with van der Waals surface area (Å²) in [7, 11) is 0. The van der Waals surface area contributed by atoms with Crippen LogP contribution < -0.4 is 0 Å². The molecule has 0 bridgehead atoms. The van der Waals surface area contributed by atoms with Crippen molar-refractivity contribution in [1.29, 1.82) is 0 Å². The Kier molecular flexibility index (Phi) is 9.14. The first-order valence-electron chi connectivity index (χ1n) is 20.5. The smallest absolute Gasteiger partial charge is 0.164 e. The number of fused-ring (bicyclic) bond motifs is 3. The molecule has 61 heavy (non-hydrogen) atoms. The monoisotopic (exact) mass is 779 g/mol. The van der Waals surface area contributed by atoms with Gasteiger partial charge in [-0.3, -0.25) is 0 Å². The van der Waals surface area contributed by atoms with Gasteiger partial charge in [-0.1, -0.05) is 194 Å². The van der Waals surface area contributed by atoms with Crippen LogP contribution in [0.25, 0.3) is 112 Å². The van der Waals surface area contributed by atoms with E-state index in [1.165, 1.54) is 22.3 Å². The third-order valence-electron chi connectivity index (χ3n) is 11.4. The minimum absolute atomic E-state index is 0.586. The topological polar surface area (TPSA) is 51.8 Å². The van der Waals surface area contributed by atoms with Gasteiger partial charge in [0.1, 0.15) is 11.2 Å². The lowest BCUT2D eigenvalue weighted by atomic mass is 9.91. The number of benzene rings is 9. The quantitative estimate of drug-likeness (QED) is 0.154. The molecule has 11 rings (SSSR count). The second-order valence-corrected chi connectivity index (χ2v) is 15.2. The first kappa shape index (κ1) is 35.9. The summed E-state index contributed by atoms with van der Waals surface area (Å²) in [6.07, 6.45) is 0. The number of hydrogen-bond donors (Lipinski definition) is 0. The Balaban J connectivity index is 1.01. The predicted molar refractivity (Wildman–Crippen MR) is 251 cm³/mol. The Labute approximate surface area is 354 Å². The molecule has 0 unspecified atom stereocenters. The molecular weight excluding hydrogens is 743 g/mol. The highest BCUT2D eigenvalue weighted by molar-refractivity contribution is 6.13. The average Bonchev–Trinajstić information content (AvgIpc) is 3.73. The number of aromatic nitrogens is 3. The molecule has 0 radical (unpaired) electrons. The van der Waals surface area contributed by atoms with E-state index in [0.717, 1.165) is 72.0 Å². The van der Waals surface area contributed by atoms with Gasteiger partial charge in [0.2, 0.25) is 0 Å². The van der Waals surface area contributed by atoms with E-state index < -0.39 is 0 Å². The summed E-state index contributed by atoms with van der Waals surface area (Å²) < 4.78 is 6.54. The van der Waals surface area contributed by atoms with Crippen molar-refractivity contribution in [3.05, 3.63) is 224 Å². The van der Waals surface area contributed by atoms with Crippen LogP contribution in [0.2, 0.25) is 0 Å². The molecular formula is C57H37N3O. The summed E-state index contributed by atoms with van der Waals surface area (Å²) in [5, 5.41) is 1.97. The van der Waals surface area contributed by atoms with E-state index in [2.05, 4.69) is 176 Å². The maximum atomic E-state index is 6.54. The molecule has 0 aliphatic carbocycles. The van der Waals surface area contributed by atoms with Crippen molar-refractivity contribution < 1.29 is 4.42 Å². The van der Waals surface area contributed by atoms with Gasteiger partial charge in [0.15, 0.2) is 17.5 Å². The highest BCUT2D eigenvalue weighted by Gasteiger charge is 2.19. The van der Waals surface area contributed by atoms with Crippen molar-refractivity contribution in [3.63, 3.8) is 0 Å². The minimum atomic E-state index is 0.586. The Morgan fingerprint density at radius 3 is 1.28 bits per heavy atom. The molecule has 0 saturated carbocycles. The summed E-state index contributed by atoms with van der Waals surface area (Å²) in [5.41, 5.74) is 15.9. The Morgan fingerprint density at radius 2 is 0.639 bits per heavy atom. The third kappa shape index (κ3) is 6.96. The molecule has 0 atom stereocenters. The van der Waals surface area contributed by atoms with E-state index >= 15 is 0 Å². The summed E-state index contributed by atoms with van der Waals surface area (Å²) >= 11 is 0. The first-order chi connectivity index (χ1) is 30.2. The van der Waals surface area contributed by atoms with Gasteiger partial charge in [-0.15, -0.1) is 0 Å². The van der Waals surface area contributed by atoms with Gasteiger partial charge < -0.3 is 4.42 Å². The third-order valence-corrected chi connectivity index (χ3v) is 11.4. The van der Waals surface area contributed by atoms with Crippen LogP contribution in [-0.2, 0) is 0 Å². The van der Waals surface area contributed by atoms with Gasteiger partial charge in [-0.2, -0.15) is 0 Å². The van der Waals surface area contributed by atoms with Gasteiger partial charge in [-0.05, 0) is 86.0 Å². The number of furan rings is 1. The van der Waals surface area contributed by atoms with Gasteiger partial charge in [-0.25, -0.2) is 15.0 Å². The first-order valence-corrected chi connectivity index (χ1v) is 20.5. The minimum Gasteiger partial charge on any atom is -0.456 e. The van der Waals surface area contributed by atoms with Crippen LogP contribution in [0, 0.1) is 0 Å². The summed E-state index contributed by atoms with van der Waals surface area (Å²) in [6, 6.07) is 78.3. The van der Waals surface area contributed by atoms with Crippen molar-refractivity contribution >= 4 is 21.9 Å². The normalized spacial score (nSPS) is 11.3. The van der Waals surface area contributed by atoms with Crippen molar-refractivity contribution in [2.45, 2.75) is 0 Å². The van der Waals surface area contributed by atoms with Crippen molar-refractivity contribution in [2.24, 2.45) is 0 Å². The molecule has 2 heterocycles. The maximum Gasteiger partial charge on any atom is 0.164 e. The molecule has 286 valence electrons. The van der Waals surface area contributed by atoms with Gasteiger partial charge in [0, 0.05) is 27.5 Å². The molecule has 0 spiro atoms. The van der Waals surface area contributed by atoms with Crippen LogP contribution in [0.5, 0.6) is 0 Å². The lowest BCUT2D eigenvalue weighted by molar-refractivity contribution is 0.669. The average molecular weight is 780 g/mol. The molecule has 0 aliphatic rings. The molecule has 2 aromatic heterocycles. The predicted octanol–water partition coefficient (Wildman–Crippen LogP) is 15.1. The van der Waals surface area contributed by atoms with E-state index in [-0.39, 0.29) is 0 Å². The molecule has 11 aromatic rings. The molecule has 4 nitrogen and oxygen atoms in total. The molecule has 4 heteroatoms. The van der Waals surface area contributed by atoms with E-state index in [1.807, 2.05) is 48.5 Å². The fourth-order valence-electron chi connectivity index (χ4n) is 8.33. The molecule has 0 N–H and O–H groups in total. The SMILES string of the molecule is c1ccc(-c2ccc(-c3nc(-c4ccccc4)nc(-c4cccc5oc6ccc(-c7ccccc7-c7cccc(-c8cccc(-c9ccccc9)c8)c7)cc6c45)n3)cc2)cc1. The Bertz CT molecular complexity index is 3340. The molecule has 0 saturated heterocycles. The highest BCUT2D eigenvalue weighted by Crippen LogP contribution is 2.41. The van der Waals surface area contributed by atoms with E-state index in [9.17, 15) is 0 Å². The number of hydrogen-bond acceptors (Lipinski definition) is 4. The Hall–Kier alpha value is -8.21. The second kappa shape index (κ2) is 15.5. The maximum absolute atomic E-state index is 6.54. The fourth-order valence-corrected chi connectivity index (χ4v) is 8.33. The molecule has 0 amide bonds. The molecule has 0 fully saturated rings. The number of rotatable bonds is 8. The zero-order chi connectivity index (χ0) is 40.5. The van der Waals surface area contributed by atoms with E-state index in [4.69, 9.17) is 19.4 Å². The van der Waals surface area contributed by atoms with Gasteiger partial charge in [0.05, 0.1) is 0 Å². The second-order valence-electron chi connectivity index (χ2n) is 15.2. The lowest BCUT2D eigenvalue weighted by Gasteiger charge is -2.13. The summed E-state index contributed by atoms with van der Waals surface area (Å²) in [6.45, 7) is 0. The van der Waals surface area contributed by atoms with Crippen LogP contribution in [-0.4, -0.2) is 15.0 Å². The number of nitrogens with zero attached hydrogens (tertiary/aromatic N) is 3. The van der Waals surface area contributed by atoms with Crippen LogP contribution >= 0.6 is 0 Å². The fraction of sp³-hybridized carbons (Fsp3) is 0. The van der Waals surface area contributed by atoms with Crippen molar-refractivity contribution in [1.82, 2.24) is 15.0 Å². The zero-order valence-corrected chi connectivity index (χ0v) is 33.1. The molecule has 9 aromatic carbocycles. The van der Waals surface area contributed by atoms with E-state index in [0.29, 0.717) is 17.5 Å². The van der Waals surface area contributed by atoms with Crippen LogP contribution in [0.15, 0.2) is 229 Å². The van der Waals surface area contributed by atoms with Crippen LogP contribution in [0.3, 0.4) is 0 Å².